The van der Waals surface area contributed by atoms with Crippen molar-refractivity contribution in [1.82, 2.24) is 24.7 Å². The number of hydrogen-bond donors (Lipinski definition) is 3. The third kappa shape index (κ3) is 8.07. The Morgan fingerprint density at radius 3 is 2.36 bits per heavy atom. The second-order valence-electron chi connectivity index (χ2n) is 17.8. The quantitative estimate of drug-likeness (QED) is 0.272. The van der Waals surface area contributed by atoms with Gasteiger partial charge in [-0.3, -0.25) is 24.2 Å². The highest BCUT2D eigenvalue weighted by Gasteiger charge is 2.62. The van der Waals surface area contributed by atoms with Crippen LogP contribution >= 0.6 is 0 Å². The van der Waals surface area contributed by atoms with Gasteiger partial charge in [-0.25, -0.2) is 14.8 Å². The van der Waals surface area contributed by atoms with E-state index in [1.165, 1.54) is 20.0 Å². The van der Waals surface area contributed by atoms with Crippen molar-refractivity contribution >= 4 is 34.7 Å². The first-order valence-electron chi connectivity index (χ1n) is 20.5. The summed E-state index contributed by atoms with van der Waals surface area (Å²) in [5, 5.41) is 35.1. The maximum absolute atomic E-state index is 14.7. The van der Waals surface area contributed by atoms with Gasteiger partial charge in [-0.1, -0.05) is 27.7 Å². The Kier molecular flexibility index (Phi) is 12.6. The summed E-state index contributed by atoms with van der Waals surface area (Å²) >= 11 is 0. The third-order valence-corrected chi connectivity index (χ3v) is 13.1. The number of likely N-dealkylation sites (tertiary alicyclic amines) is 1. The lowest BCUT2D eigenvalue weighted by atomic mass is 9.73. The minimum atomic E-state index is -1.83. The molecule has 4 saturated heterocycles. The van der Waals surface area contributed by atoms with E-state index < -0.39 is 83.4 Å². The number of carbonyl (C=O) groups excluding carboxylic acids is 4. The summed E-state index contributed by atoms with van der Waals surface area (Å²) in [7, 11) is 3.67. The molecule has 4 aliphatic heterocycles. The highest BCUT2D eigenvalue weighted by atomic mass is 16.7. The Morgan fingerprint density at radius 1 is 1.02 bits per heavy atom. The Balaban J connectivity index is 1.31. The monoisotopic (exact) mass is 811 g/mol. The maximum atomic E-state index is 14.7. The lowest BCUT2D eigenvalue weighted by Gasteiger charge is -2.48. The normalized spacial score (nSPS) is 38.6. The van der Waals surface area contributed by atoms with E-state index in [4.69, 9.17) is 18.9 Å². The molecule has 4 fully saturated rings. The summed E-state index contributed by atoms with van der Waals surface area (Å²) in [5.41, 5.74) is -2.16. The van der Waals surface area contributed by atoms with Gasteiger partial charge in [0.2, 0.25) is 0 Å². The molecule has 16 heteroatoms. The number of fused-ring (bicyclic) bond motifs is 2. The second-order valence-corrected chi connectivity index (χ2v) is 17.8. The van der Waals surface area contributed by atoms with Crippen molar-refractivity contribution in [2.75, 3.05) is 27.2 Å². The molecule has 0 aliphatic carbocycles. The number of ether oxygens (including phenoxy) is 4. The van der Waals surface area contributed by atoms with E-state index in [1.807, 2.05) is 32.0 Å². The van der Waals surface area contributed by atoms with Crippen molar-refractivity contribution in [1.29, 1.82) is 0 Å². The van der Waals surface area contributed by atoms with Crippen LogP contribution in [-0.4, -0.2) is 151 Å². The van der Waals surface area contributed by atoms with Gasteiger partial charge < -0.3 is 39.2 Å². The van der Waals surface area contributed by atoms with Gasteiger partial charge in [-0.05, 0) is 73.2 Å². The molecule has 320 valence electrons. The standard InChI is InChI=1S/C42H61N5O11/c1-11-31-42(8)35(47(40(53)58-42)26-18-46(19-26)20-28-27-13-12-14-43-37(27)44-17-30(28)48)23(4)32(49)21(2)16-41(7,54)36(24(5)33(50)25(6)38(52)56-31)57-39-34(51)29(45(9)10)15-22(3)55-39/h12-14,17,21-26,29,31,34-36,39,48,51,54H,11,15-16,18-20H2,1-10H3/t21-,22-,23+,24+,25-,29+,31-,34-,35-,36-,39+,41-,42-/m1/s1. The molecular formula is C42H61N5O11. The number of amides is 1. The zero-order valence-corrected chi connectivity index (χ0v) is 35.3. The van der Waals surface area contributed by atoms with Crippen molar-refractivity contribution in [3.8, 4) is 5.75 Å². The summed E-state index contributed by atoms with van der Waals surface area (Å²) in [6, 6.07) is 2.01. The van der Waals surface area contributed by atoms with Crippen molar-refractivity contribution in [3.63, 3.8) is 0 Å². The van der Waals surface area contributed by atoms with Gasteiger partial charge in [0.25, 0.3) is 0 Å². The first-order valence-corrected chi connectivity index (χ1v) is 20.5. The largest absolute Gasteiger partial charge is 0.506 e. The summed E-state index contributed by atoms with van der Waals surface area (Å²) in [4.78, 5) is 70.9. The number of hydrogen-bond acceptors (Lipinski definition) is 15. The summed E-state index contributed by atoms with van der Waals surface area (Å²) in [5.74, 6) is -5.70. The van der Waals surface area contributed by atoms with E-state index >= 15 is 0 Å². The number of esters is 1. The van der Waals surface area contributed by atoms with Crippen LogP contribution in [0, 0.1) is 23.7 Å². The highest BCUT2D eigenvalue weighted by Crippen LogP contribution is 2.44. The van der Waals surface area contributed by atoms with Crippen molar-refractivity contribution in [3.05, 3.63) is 30.1 Å². The van der Waals surface area contributed by atoms with Crippen LogP contribution in [0.25, 0.3) is 11.0 Å². The fourth-order valence-corrected chi connectivity index (χ4v) is 9.92. The van der Waals surface area contributed by atoms with Gasteiger partial charge in [0, 0.05) is 60.6 Å². The van der Waals surface area contributed by atoms with E-state index in [0.29, 0.717) is 42.7 Å². The molecular weight excluding hydrogens is 750 g/mol. The predicted octanol–water partition coefficient (Wildman–Crippen LogP) is 3.07. The van der Waals surface area contributed by atoms with Gasteiger partial charge >= 0.3 is 12.1 Å². The van der Waals surface area contributed by atoms with Crippen LogP contribution in [0.2, 0.25) is 0 Å². The zero-order chi connectivity index (χ0) is 42.6. The van der Waals surface area contributed by atoms with Gasteiger partial charge in [-0.2, -0.15) is 0 Å². The number of rotatable bonds is 7. The molecule has 58 heavy (non-hydrogen) atoms. The first-order chi connectivity index (χ1) is 27.2. The summed E-state index contributed by atoms with van der Waals surface area (Å²) in [6.45, 7) is 14.4. The van der Waals surface area contributed by atoms with Crippen LogP contribution in [0.1, 0.15) is 80.2 Å². The number of aliphatic hydroxyl groups excluding tert-OH is 1. The number of ketones is 2. The Hall–Kier alpha value is -3.80. The molecule has 16 nitrogen and oxygen atoms in total. The van der Waals surface area contributed by atoms with E-state index in [-0.39, 0.29) is 42.6 Å². The van der Waals surface area contributed by atoms with E-state index in [1.54, 1.807) is 51.8 Å². The van der Waals surface area contributed by atoms with Crippen molar-refractivity contribution < 1.29 is 53.4 Å². The molecule has 3 N–H and O–H groups in total. The molecule has 13 atom stereocenters. The van der Waals surface area contributed by atoms with Crippen molar-refractivity contribution in [2.24, 2.45) is 23.7 Å². The molecule has 4 aliphatic rings. The smallest absolute Gasteiger partial charge is 0.411 e. The number of nitrogens with zero attached hydrogens (tertiary/aromatic N) is 5. The van der Waals surface area contributed by atoms with Gasteiger partial charge in [0.05, 0.1) is 36.1 Å². The average Bonchev–Trinajstić information content (AvgIpc) is 3.42. The molecule has 0 unspecified atom stereocenters. The third-order valence-electron chi connectivity index (χ3n) is 13.1. The minimum absolute atomic E-state index is 0.0318. The lowest BCUT2D eigenvalue weighted by molar-refractivity contribution is -0.293. The van der Waals surface area contributed by atoms with Gasteiger partial charge in [-0.15, -0.1) is 0 Å². The molecule has 2 aromatic rings. The predicted molar refractivity (Wildman–Crippen MR) is 210 cm³/mol. The number of aromatic nitrogens is 2. The summed E-state index contributed by atoms with van der Waals surface area (Å²) < 4.78 is 24.7. The number of pyridine rings is 2. The minimum Gasteiger partial charge on any atom is -0.506 e. The van der Waals surface area contributed by atoms with Crippen LogP contribution in [0.3, 0.4) is 0 Å². The topological polar surface area (TPSA) is 201 Å². The van der Waals surface area contributed by atoms with Crippen LogP contribution in [0.5, 0.6) is 5.75 Å². The van der Waals surface area contributed by atoms with E-state index in [0.717, 1.165) is 0 Å². The average molecular weight is 812 g/mol. The Morgan fingerprint density at radius 2 is 1.71 bits per heavy atom. The van der Waals surface area contributed by atoms with Crippen LogP contribution in [0.4, 0.5) is 4.79 Å². The molecule has 0 bridgehead atoms. The molecule has 2 aromatic heterocycles. The number of carbonyl (C=O) groups is 4. The molecule has 6 rings (SSSR count). The first kappa shape index (κ1) is 43.8. The molecule has 6 heterocycles. The number of likely N-dealkylation sites (N-methyl/N-ethyl adjacent to an activating group) is 1. The van der Waals surface area contributed by atoms with Crippen molar-refractivity contribution in [2.45, 2.75) is 141 Å². The van der Waals surface area contributed by atoms with Crippen LogP contribution in [0.15, 0.2) is 24.5 Å². The van der Waals surface area contributed by atoms with Crippen LogP contribution in [-0.2, 0) is 39.9 Å². The van der Waals surface area contributed by atoms with E-state index in [9.17, 15) is 34.5 Å². The maximum Gasteiger partial charge on any atom is 0.411 e. The zero-order valence-electron chi connectivity index (χ0n) is 35.3. The molecule has 0 spiro atoms. The number of Topliss-reactive ketones (excluding diaryl/α,β-unsaturated/α-hetero) is 2. The number of cyclic esters (lactones) is 1. The lowest BCUT2D eigenvalue weighted by Crippen LogP contribution is -2.65. The van der Waals surface area contributed by atoms with E-state index in [2.05, 4.69) is 14.9 Å². The fourth-order valence-electron chi connectivity index (χ4n) is 9.92. The number of aliphatic hydroxyl groups is 2. The van der Waals surface area contributed by atoms with Gasteiger partial charge in [0.15, 0.2) is 23.3 Å². The second kappa shape index (κ2) is 16.7. The molecule has 0 saturated carbocycles. The Bertz CT molecular complexity index is 1870. The molecule has 0 radical (unpaired) electrons. The molecule has 1 amide bonds. The summed E-state index contributed by atoms with van der Waals surface area (Å²) in [6.07, 6.45) is -2.02. The highest BCUT2D eigenvalue weighted by molar-refractivity contribution is 6.00. The number of aromatic hydroxyl groups is 1. The Labute approximate surface area is 340 Å². The fraction of sp³-hybridized carbons (Fsp3) is 0.714. The molecule has 0 aromatic carbocycles. The SMILES string of the molecule is CC[C@H]1OC(=O)[C@H](C)C(=O)[C@H](C)[C@@H](O[C@@H]2O[C@H](C)C[C@H](N(C)C)[C@H]2O)[C@](C)(O)C[C@@H](C)C(=O)[C@H](C)[C@H]2N(C3CN(Cc4c(O)cnc5ncccc45)C3)C(=O)O[C@]12C. The van der Waals surface area contributed by atoms with Crippen LogP contribution < -0.4 is 0 Å². The van der Waals surface area contributed by atoms with Gasteiger partial charge in [0.1, 0.15) is 29.7 Å².